The lowest BCUT2D eigenvalue weighted by atomic mass is 10.2. The second-order valence-electron chi connectivity index (χ2n) is 4.31. The molecule has 0 saturated carbocycles. The largest absolute Gasteiger partial charge is 0.444 e. The first kappa shape index (κ1) is 13.2. The Labute approximate surface area is 114 Å². The normalized spacial score (nSPS) is 11.2. The summed E-state index contributed by atoms with van der Waals surface area (Å²) in [4.78, 5) is 4.31. The molecule has 2 rings (SSSR count). The van der Waals surface area contributed by atoms with Gasteiger partial charge in [-0.25, -0.2) is 9.37 Å². The Morgan fingerprint density at radius 2 is 2.22 bits per heavy atom. The molecule has 0 aliphatic carbocycles. The highest BCUT2D eigenvalue weighted by molar-refractivity contribution is 9.10. The van der Waals surface area contributed by atoms with Crippen molar-refractivity contribution in [2.24, 2.45) is 0 Å². The highest BCUT2D eigenvalue weighted by Gasteiger charge is 2.09. The topological polar surface area (TPSA) is 38.1 Å². The van der Waals surface area contributed by atoms with Crippen molar-refractivity contribution in [2.45, 2.75) is 26.4 Å². The second kappa shape index (κ2) is 5.63. The molecule has 0 amide bonds. The van der Waals surface area contributed by atoms with Crippen LogP contribution in [0.2, 0.25) is 0 Å². The van der Waals surface area contributed by atoms with Gasteiger partial charge < -0.3 is 9.73 Å². The van der Waals surface area contributed by atoms with E-state index < -0.39 is 0 Å². The molecule has 1 heterocycles. The maximum atomic E-state index is 13.4. The number of benzene rings is 1. The van der Waals surface area contributed by atoms with E-state index in [0.29, 0.717) is 28.5 Å². The fraction of sp³-hybridized carbons (Fsp3) is 0.308. The van der Waals surface area contributed by atoms with Crippen molar-refractivity contribution in [1.29, 1.82) is 0 Å². The van der Waals surface area contributed by atoms with Gasteiger partial charge in [0.25, 0.3) is 0 Å². The van der Waals surface area contributed by atoms with E-state index in [9.17, 15) is 4.39 Å². The van der Waals surface area contributed by atoms with Crippen LogP contribution in [-0.4, -0.2) is 11.0 Å². The van der Waals surface area contributed by atoms with Gasteiger partial charge >= 0.3 is 0 Å². The third kappa shape index (κ3) is 3.17. The number of rotatable bonds is 4. The predicted molar refractivity (Wildman–Crippen MR) is 71.6 cm³/mol. The molecule has 0 radical (unpaired) electrons. The van der Waals surface area contributed by atoms with E-state index >= 15 is 0 Å². The average Bonchev–Trinajstić information content (AvgIpc) is 2.79. The minimum absolute atomic E-state index is 0.326. The molecule has 0 fully saturated rings. The molecule has 0 bridgehead atoms. The summed E-state index contributed by atoms with van der Waals surface area (Å²) in [7, 11) is 0. The van der Waals surface area contributed by atoms with Gasteiger partial charge in [0.05, 0.1) is 10.2 Å². The van der Waals surface area contributed by atoms with Crippen molar-refractivity contribution in [3.8, 4) is 11.5 Å². The van der Waals surface area contributed by atoms with Crippen molar-refractivity contribution in [2.75, 3.05) is 0 Å². The molecule has 5 heteroatoms. The molecule has 0 saturated heterocycles. The summed E-state index contributed by atoms with van der Waals surface area (Å²) in [6.45, 7) is 4.76. The molecule has 0 atom stereocenters. The van der Waals surface area contributed by atoms with Crippen LogP contribution in [0, 0.1) is 5.82 Å². The number of hydrogen-bond acceptors (Lipinski definition) is 3. The van der Waals surface area contributed by atoms with Crippen LogP contribution < -0.4 is 5.32 Å². The van der Waals surface area contributed by atoms with Crippen molar-refractivity contribution < 1.29 is 8.81 Å². The molecule has 1 N–H and O–H groups in total. The predicted octanol–water partition coefficient (Wildman–Crippen LogP) is 3.74. The number of nitrogens with zero attached hydrogens (tertiary/aromatic N) is 1. The lowest BCUT2D eigenvalue weighted by molar-refractivity contribution is 0.559. The van der Waals surface area contributed by atoms with Crippen molar-refractivity contribution in [3.05, 3.63) is 40.4 Å². The average molecular weight is 313 g/mol. The third-order valence-corrected chi connectivity index (χ3v) is 3.05. The molecule has 18 heavy (non-hydrogen) atoms. The van der Waals surface area contributed by atoms with Crippen LogP contribution in [0.25, 0.3) is 11.5 Å². The van der Waals surface area contributed by atoms with Crippen LogP contribution in [-0.2, 0) is 6.54 Å². The zero-order valence-electron chi connectivity index (χ0n) is 10.2. The van der Waals surface area contributed by atoms with Crippen LogP contribution in [0.4, 0.5) is 4.39 Å². The Bertz CT molecular complexity index is 540. The zero-order valence-corrected chi connectivity index (χ0v) is 11.8. The van der Waals surface area contributed by atoms with E-state index in [1.54, 1.807) is 18.4 Å². The first-order valence-corrected chi connectivity index (χ1v) is 6.49. The smallest absolute Gasteiger partial charge is 0.226 e. The summed E-state index contributed by atoms with van der Waals surface area (Å²) >= 11 is 3.11. The van der Waals surface area contributed by atoms with Crippen LogP contribution in [0.15, 0.2) is 33.4 Å². The van der Waals surface area contributed by atoms with Gasteiger partial charge in [0.2, 0.25) is 5.89 Å². The van der Waals surface area contributed by atoms with Gasteiger partial charge in [-0.15, -0.1) is 0 Å². The molecular formula is C13H14BrFN2O. The van der Waals surface area contributed by atoms with Crippen LogP contribution in [0.1, 0.15) is 19.5 Å². The van der Waals surface area contributed by atoms with Crippen LogP contribution in [0.3, 0.4) is 0 Å². The molecule has 96 valence electrons. The summed E-state index contributed by atoms with van der Waals surface area (Å²) in [6.07, 6.45) is 1.59. The van der Waals surface area contributed by atoms with E-state index in [0.717, 1.165) is 5.69 Å². The Morgan fingerprint density at radius 3 is 2.89 bits per heavy atom. The Morgan fingerprint density at radius 1 is 1.44 bits per heavy atom. The fourth-order valence-electron chi connectivity index (χ4n) is 1.46. The van der Waals surface area contributed by atoms with Gasteiger partial charge in [-0.1, -0.05) is 13.8 Å². The van der Waals surface area contributed by atoms with Gasteiger partial charge in [0, 0.05) is 18.2 Å². The Kier molecular flexibility index (Phi) is 4.14. The number of nitrogens with one attached hydrogen (secondary N) is 1. The maximum absolute atomic E-state index is 13.4. The van der Waals surface area contributed by atoms with E-state index in [-0.39, 0.29) is 5.82 Å². The number of hydrogen-bond donors (Lipinski definition) is 1. The van der Waals surface area contributed by atoms with Gasteiger partial charge in [0.1, 0.15) is 12.1 Å². The maximum Gasteiger partial charge on any atom is 0.226 e. The lowest BCUT2D eigenvalue weighted by Gasteiger charge is -2.04. The Balaban J connectivity index is 2.16. The first-order valence-electron chi connectivity index (χ1n) is 5.69. The zero-order chi connectivity index (χ0) is 13.1. The second-order valence-corrected chi connectivity index (χ2v) is 5.16. The van der Waals surface area contributed by atoms with Crippen molar-refractivity contribution in [3.63, 3.8) is 0 Å². The molecular weight excluding hydrogens is 299 g/mol. The molecule has 1 aromatic carbocycles. The van der Waals surface area contributed by atoms with Gasteiger partial charge in [-0.2, -0.15) is 0 Å². The molecule has 0 aliphatic heterocycles. The number of oxazole rings is 1. The quantitative estimate of drug-likeness (QED) is 0.934. The minimum Gasteiger partial charge on any atom is -0.444 e. The molecule has 1 aromatic heterocycles. The standard InChI is InChI=1S/C13H14BrFN2O/c1-8(2)16-6-10-7-18-13(17-10)9-3-4-11(14)12(15)5-9/h3-5,7-8,16H,6H2,1-2H3. The molecule has 2 aromatic rings. The van der Waals surface area contributed by atoms with Crippen molar-refractivity contribution >= 4 is 15.9 Å². The van der Waals surface area contributed by atoms with Gasteiger partial charge in [0.15, 0.2) is 0 Å². The minimum atomic E-state index is -0.326. The van der Waals surface area contributed by atoms with E-state index in [4.69, 9.17) is 4.42 Å². The third-order valence-electron chi connectivity index (χ3n) is 2.41. The SMILES string of the molecule is CC(C)NCc1coc(-c2ccc(Br)c(F)c2)n1. The summed E-state index contributed by atoms with van der Waals surface area (Å²) in [5.74, 6) is 0.106. The Hall–Kier alpha value is -1.20. The summed E-state index contributed by atoms with van der Waals surface area (Å²) in [5.41, 5.74) is 1.44. The molecule has 0 unspecified atom stereocenters. The van der Waals surface area contributed by atoms with Crippen LogP contribution in [0.5, 0.6) is 0 Å². The summed E-state index contributed by atoms with van der Waals surface area (Å²) in [6, 6.07) is 5.19. The molecule has 0 spiro atoms. The fourth-order valence-corrected chi connectivity index (χ4v) is 1.71. The van der Waals surface area contributed by atoms with Gasteiger partial charge in [-0.3, -0.25) is 0 Å². The highest BCUT2D eigenvalue weighted by atomic mass is 79.9. The molecule has 0 aliphatic rings. The van der Waals surface area contributed by atoms with Crippen LogP contribution >= 0.6 is 15.9 Å². The van der Waals surface area contributed by atoms with E-state index in [2.05, 4.69) is 40.1 Å². The van der Waals surface area contributed by atoms with Gasteiger partial charge in [-0.05, 0) is 34.1 Å². The van der Waals surface area contributed by atoms with Crippen molar-refractivity contribution in [1.82, 2.24) is 10.3 Å². The summed E-state index contributed by atoms with van der Waals surface area (Å²) < 4.78 is 19.2. The highest BCUT2D eigenvalue weighted by Crippen LogP contribution is 2.24. The number of halogens is 2. The van der Waals surface area contributed by atoms with E-state index in [1.807, 2.05) is 0 Å². The first-order chi connectivity index (χ1) is 8.56. The molecule has 3 nitrogen and oxygen atoms in total. The monoisotopic (exact) mass is 312 g/mol. The lowest BCUT2D eigenvalue weighted by Crippen LogP contribution is -2.21. The number of aromatic nitrogens is 1. The summed E-state index contributed by atoms with van der Waals surface area (Å²) in [5, 5.41) is 3.24. The van der Waals surface area contributed by atoms with E-state index in [1.165, 1.54) is 6.07 Å².